The van der Waals surface area contributed by atoms with Crippen molar-refractivity contribution in [1.29, 1.82) is 0 Å². The van der Waals surface area contributed by atoms with Crippen LogP contribution in [0.5, 0.6) is 0 Å². The van der Waals surface area contributed by atoms with Crippen LogP contribution in [0.25, 0.3) is 0 Å². The molecule has 3 N–H and O–H groups in total. The van der Waals surface area contributed by atoms with Crippen LogP contribution in [-0.2, 0) is 25.6 Å². The summed E-state index contributed by atoms with van der Waals surface area (Å²) in [5, 5.41) is 9.37. The van der Waals surface area contributed by atoms with Gasteiger partial charge in [0.1, 0.15) is 0 Å². The summed E-state index contributed by atoms with van der Waals surface area (Å²) in [7, 11) is 0. The monoisotopic (exact) mass is 440 g/mol. The Morgan fingerprint density at radius 1 is 0.969 bits per heavy atom. The molecule has 0 bridgehead atoms. The van der Waals surface area contributed by atoms with Crippen LogP contribution in [0.2, 0.25) is 0 Å². The predicted octanol–water partition coefficient (Wildman–Crippen LogP) is 3.15. The molecule has 0 amide bonds. The van der Waals surface area contributed by atoms with Gasteiger partial charge >= 0.3 is 0 Å². The first-order valence-electron chi connectivity index (χ1n) is 11.5. The number of nitrogens with two attached hydrogens (primary N) is 1. The van der Waals surface area contributed by atoms with Crippen LogP contribution in [0.15, 0.2) is 48.5 Å². The number of benzene rings is 2. The number of rotatable bonds is 5. The molecule has 1 unspecified atom stereocenters. The predicted molar refractivity (Wildman–Crippen MR) is 120 cm³/mol. The average molecular weight is 441 g/mol. The van der Waals surface area contributed by atoms with Crippen molar-refractivity contribution in [2.75, 3.05) is 38.6 Å². The van der Waals surface area contributed by atoms with Gasteiger partial charge in [-0.2, -0.15) is 0 Å². The summed E-state index contributed by atoms with van der Waals surface area (Å²) in [4.78, 5) is 2.44. The van der Waals surface area contributed by atoms with Crippen molar-refractivity contribution in [3.05, 3.63) is 65.2 Å². The Kier molecular flexibility index (Phi) is 6.46. The van der Waals surface area contributed by atoms with Crippen LogP contribution in [0.3, 0.4) is 0 Å². The molecular formula is C25H32N2O5. The number of nitrogen functional groups attached to an aromatic ring is 1. The number of ether oxygens (including phenoxy) is 4. The summed E-state index contributed by atoms with van der Waals surface area (Å²) >= 11 is 0. The fourth-order valence-corrected chi connectivity index (χ4v) is 4.89. The first-order chi connectivity index (χ1) is 15.6. The summed E-state index contributed by atoms with van der Waals surface area (Å²) in [5.41, 5.74) is 9.62. The highest BCUT2D eigenvalue weighted by molar-refractivity contribution is 5.41. The zero-order chi connectivity index (χ0) is 22.0. The lowest BCUT2D eigenvalue weighted by Crippen LogP contribution is -2.48. The molecule has 32 heavy (non-hydrogen) atoms. The van der Waals surface area contributed by atoms with Crippen LogP contribution < -0.4 is 5.73 Å². The zero-order valence-electron chi connectivity index (χ0n) is 18.3. The van der Waals surface area contributed by atoms with Gasteiger partial charge in [0, 0.05) is 50.1 Å². The van der Waals surface area contributed by atoms with Gasteiger partial charge in [-0.1, -0.05) is 36.4 Å². The van der Waals surface area contributed by atoms with Crippen LogP contribution in [0.1, 0.15) is 48.3 Å². The van der Waals surface area contributed by atoms with Crippen molar-refractivity contribution in [1.82, 2.24) is 4.90 Å². The number of piperidine rings is 1. The van der Waals surface area contributed by atoms with E-state index in [0.717, 1.165) is 55.6 Å². The fraction of sp³-hybridized carbons (Fsp3) is 0.520. The van der Waals surface area contributed by atoms with E-state index >= 15 is 0 Å². The van der Waals surface area contributed by atoms with Crippen molar-refractivity contribution in [3.63, 3.8) is 0 Å². The Morgan fingerprint density at radius 3 is 2.41 bits per heavy atom. The molecule has 1 spiro atoms. The number of hydrogen-bond donors (Lipinski definition) is 2. The van der Waals surface area contributed by atoms with Crippen LogP contribution in [0, 0.1) is 0 Å². The Morgan fingerprint density at radius 2 is 1.72 bits per heavy atom. The number of aliphatic hydroxyl groups is 1. The molecule has 3 aliphatic rings. The van der Waals surface area contributed by atoms with Gasteiger partial charge in [0.25, 0.3) is 0 Å². The van der Waals surface area contributed by atoms with Crippen LogP contribution >= 0.6 is 0 Å². The molecular weight excluding hydrogens is 408 g/mol. The summed E-state index contributed by atoms with van der Waals surface area (Å²) in [5.74, 6) is -0.367. The van der Waals surface area contributed by atoms with E-state index in [1.54, 1.807) is 0 Å². The number of anilines is 1. The molecule has 2 aromatic rings. The lowest BCUT2D eigenvalue weighted by atomic mass is 9.98. The first kappa shape index (κ1) is 21.8. The number of hydrogen-bond acceptors (Lipinski definition) is 7. The maximum absolute atomic E-state index is 9.37. The van der Waals surface area contributed by atoms with E-state index in [1.807, 2.05) is 48.5 Å². The van der Waals surface area contributed by atoms with E-state index < -0.39 is 6.29 Å². The lowest BCUT2D eigenvalue weighted by Gasteiger charge is -2.41. The Balaban J connectivity index is 1.30. The van der Waals surface area contributed by atoms with Crippen LogP contribution in [-0.4, -0.2) is 54.7 Å². The Bertz CT molecular complexity index is 889. The van der Waals surface area contributed by atoms with Gasteiger partial charge in [0.05, 0.1) is 32.0 Å². The van der Waals surface area contributed by atoms with E-state index in [1.165, 1.54) is 0 Å². The van der Waals surface area contributed by atoms with Gasteiger partial charge in [0.2, 0.25) is 0 Å². The first-order valence-corrected chi connectivity index (χ1v) is 11.5. The van der Waals surface area contributed by atoms with E-state index in [4.69, 9.17) is 24.7 Å². The van der Waals surface area contributed by atoms with Crippen molar-refractivity contribution in [3.8, 4) is 0 Å². The highest BCUT2D eigenvalue weighted by Crippen LogP contribution is 2.39. The van der Waals surface area contributed by atoms with Crippen molar-refractivity contribution < 1.29 is 24.1 Å². The van der Waals surface area contributed by atoms with Gasteiger partial charge in [0.15, 0.2) is 12.1 Å². The Labute approximate surface area is 189 Å². The standard InChI is InChI=1S/C25H32N2O5/c26-21-3-1-2-20(14-21)24-31-22(15-23(32-24)19-6-4-18(17-28)5-7-19)16-27-10-8-25(9-11-27)29-12-13-30-25/h1-7,14,22-24,28H,8-13,15-17,26H2/t22-,23+,24?/m0/s1. The summed E-state index contributed by atoms with van der Waals surface area (Å²) in [6.45, 7) is 4.12. The number of nitrogens with zero attached hydrogens (tertiary/aromatic N) is 1. The normalized spacial score (nSPS) is 28.2. The van der Waals surface area contributed by atoms with Crippen molar-refractivity contribution in [2.24, 2.45) is 0 Å². The molecule has 7 nitrogen and oxygen atoms in total. The number of likely N-dealkylation sites (tertiary alicyclic amines) is 1. The molecule has 172 valence electrons. The number of aliphatic hydroxyl groups excluding tert-OH is 1. The Hall–Kier alpha value is -2.00. The molecule has 5 rings (SSSR count). The molecule has 7 heteroatoms. The summed E-state index contributed by atoms with van der Waals surface area (Å²) in [6, 6.07) is 15.7. The molecule has 3 fully saturated rings. The van der Waals surface area contributed by atoms with Gasteiger partial charge < -0.3 is 34.7 Å². The minimum atomic E-state index is -0.475. The fourth-order valence-electron chi connectivity index (χ4n) is 4.89. The molecule has 0 aromatic heterocycles. The van der Waals surface area contributed by atoms with Gasteiger partial charge in [-0.15, -0.1) is 0 Å². The quantitative estimate of drug-likeness (QED) is 0.691. The molecule has 0 radical (unpaired) electrons. The smallest absolute Gasteiger partial charge is 0.185 e. The van der Waals surface area contributed by atoms with Crippen LogP contribution in [0.4, 0.5) is 5.69 Å². The maximum atomic E-state index is 9.37. The molecule has 0 saturated carbocycles. The third kappa shape index (κ3) is 4.83. The van der Waals surface area contributed by atoms with E-state index in [2.05, 4.69) is 4.90 Å². The highest BCUT2D eigenvalue weighted by atomic mass is 16.7. The lowest BCUT2D eigenvalue weighted by molar-refractivity contribution is -0.255. The van der Waals surface area contributed by atoms with Crippen molar-refractivity contribution in [2.45, 2.75) is 50.2 Å². The summed E-state index contributed by atoms with van der Waals surface area (Å²) in [6.07, 6.45) is 2.01. The third-order valence-corrected chi connectivity index (χ3v) is 6.69. The molecule has 3 aliphatic heterocycles. The van der Waals surface area contributed by atoms with Gasteiger partial charge in [-0.05, 0) is 23.3 Å². The second kappa shape index (κ2) is 9.47. The highest BCUT2D eigenvalue weighted by Gasteiger charge is 2.41. The van der Waals surface area contributed by atoms with Gasteiger partial charge in [-0.3, -0.25) is 0 Å². The summed E-state index contributed by atoms with van der Waals surface area (Å²) < 4.78 is 24.5. The average Bonchev–Trinajstić information content (AvgIpc) is 3.29. The van der Waals surface area contributed by atoms with Crippen molar-refractivity contribution >= 4 is 5.69 Å². The van der Waals surface area contributed by atoms with E-state index in [9.17, 15) is 5.11 Å². The minimum absolute atomic E-state index is 0.0252. The topological polar surface area (TPSA) is 86.4 Å². The molecule has 2 aromatic carbocycles. The minimum Gasteiger partial charge on any atom is -0.399 e. The van der Waals surface area contributed by atoms with Gasteiger partial charge in [-0.25, -0.2) is 0 Å². The maximum Gasteiger partial charge on any atom is 0.185 e. The molecule has 3 saturated heterocycles. The largest absolute Gasteiger partial charge is 0.399 e. The third-order valence-electron chi connectivity index (χ3n) is 6.69. The SMILES string of the molecule is Nc1cccc(C2O[C@H](CN3CCC4(CC3)OCCO4)C[C@H](c3ccc(CO)cc3)O2)c1. The second-order valence-corrected chi connectivity index (χ2v) is 8.93. The zero-order valence-corrected chi connectivity index (χ0v) is 18.3. The second-order valence-electron chi connectivity index (χ2n) is 8.93. The molecule has 3 atom stereocenters. The molecule has 0 aliphatic carbocycles. The van der Waals surface area contributed by atoms with E-state index in [-0.39, 0.29) is 24.6 Å². The van der Waals surface area contributed by atoms with E-state index in [0.29, 0.717) is 18.9 Å². The molecule has 3 heterocycles.